The Balaban J connectivity index is 2.19. The van der Waals surface area contributed by atoms with Crippen molar-refractivity contribution in [1.29, 1.82) is 0 Å². The number of aliphatic hydroxyl groups is 1. The van der Waals surface area contributed by atoms with Crippen LogP contribution in [0.1, 0.15) is 5.56 Å². The summed E-state index contributed by atoms with van der Waals surface area (Å²) in [5, 5.41) is 13.0. The molecule has 3 nitrogen and oxygen atoms in total. The lowest BCUT2D eigenvalue weighted by atomic mass is 10.2. The number of β-amino-alcohol motifs (C(OH)–C–C–N with tert-alkyl or cyclic N) is 1. The van der Waals surface area contributed by atoms with Crippen LogP contribution in [0.5, 0.6) is 0 Å². The highest BCUT2D eigenvalue weighted by Crippen LogP contribution is 2.10. The molecule has 1 heterocycles. The predicted molar refractivity (Wildman–Crippen MR) is 56.9 cm³/mol. The van der Waals surface area contributed by atoms with Crippen molar-refractivity contribution in [1.82, 2.24) is 5.32 Å². The summed E-state index contributed by atoms with van der Waals surface area (Å²) in [7, 11) is 0. The lowest BCUT2D eigenvalue weighted by molar-refractivity contribution is 0.181. The molecule has 1 atom stereocenters. The number of aliphatic imine (C=N–C) groups is 1. The average molecular weight is 211 g/mol. The minimum absolute atomic E-state index is 0.369. The van der Waals surface area contributed by atoms with Crippen molar-refractivity contribution in [3.63, 3.8) is 0 Å². The first-order valence-corrected chi connectivity index (χ1v) is 4.86. The van der Waals surface area contributed by atoms with Gasteiger partial charge in [-0.3, -0.25) is 4.99 Å². The third-order valence-electron chi connectivity index (χ3n) is 2.08. The van der Waals surface area contributed by atoms with E-state index in [1.165, 1.54) is 0 Å². The van der Waals surface area contributed by atoms with Gasteiger partial charge >= 0.3 is 0 Å². The molecule has 1 aromatic carbocycles. The van der Waals surface area contributed by atoms with Crippen LogP contribution in [0.2, 0.25) is 5.02 Å². The highest BCUT2D eigenvalue weighted by molar-refractivity contribution is 6.30. The fourth-order valence-corrected chi connectivity index (χ4v) is 1.46. The van der Waals surface area contributed by atoms with Crippen molar-refractivity contribution in [3.05, 3.63) is 34.9 Å². The molecule has 1 aromatic rings. The largest absolute Gasteiger partial charge is 0.389 e. The maximum absolute atomic E-state index is 9.23. The Labute approximate surface area is 87.4 Å². The first-order valence-electron chi connectivity index (χ1n) is 4.48. The number of nitrogens with zero attached hydrogens (tertiary/aromatic N) is 1. The molecule has 0 saturated heterocycles. The number of benzene rings is 1. The zero-order chi connectivity index (χ0) is 9.97. The van der Waals surface area contributed by atoms with Gasteiger partial charge in [0.2, 0.25) is 0 Å². The summed E-state index contributed by atoms with van der Waals surface area (Å²) in [6.45, 7) is 1.02. The van der Waals surface area contributed by atoms with E-state index in [9.17, 15) is 5.11 Å². The minimum atomic E-state index is -0.369. The fraction of sp³-hybridized carbons (Fsp3) is 0.300. The average Bonchev–Trinajstić information content (AvgIpc) is 2.21. The Kier molecular flexibility index (Phi) is 2.70. The monoisotopic (exact) mass is 210 g/mol. The molecule has 0 aromatic heterocycles. The molecular weight excluding hydrogens is 200 g/mol. The normalized spacial score (nSPS) is 21.3. The molecule has 0 saturated carbocycles. The van der Waals surface area contributed by atoms with E-state index in [2.05, 4.69) is 10.3 Å². The summed E-state index contributed by atoms with van der Waals surface area (Å²) in [5.74, 6) is 0.826. The van der Waals surface area contributed by atoms with Crippen LogP contribution in [-0.4, -0.2) is 30.1 Å². The lowest BCUT2D eigenvalue weighted by Gasteiger charge is -2.18. The Morgan fingerprint density at radius 1 is 1.36 bits per heavy atom. The molecule has 0 spiro atoms. The molecule has 0 aliphatic carbocycles. The smallest absolute Gasteiger partial charge is 0.128 e. The van der Waals surface area contributed by atoms with Gasteiger partial charge in [-0.2, -0.15) is 0 Å². The fourth-order valence-electron chi connectivity index (χ4n) is 1.33. The first kappa shape index (κ1) is 9.49. The van der Waals surface area contributed by atoms with E-state index < -0.39 is 0 Å². The summed E-state index contributed by atoms with van der Waals surface area (Å²) in [5.41, 5.74) is 1.00. The lowest BCUT2D eigenvalue weighted by Crippen LogP contribution is -2.39. The molecule has 74 valence electrons. The molecule has 1 aliphatic heterocycles. The minimum Gasteiger partial charge on any atom is -0.389 e. The van der Waals surface area contributed by atoms with Crippen LogP contribution in [0.15, 0.2) is 29.3 Å². The number of amidine groups is 1. The number of hydrogen-bond acceptors (Lipinski definition) is 3. The molecule has 1 unspecified atom stereocenters. The van der Waals surface area contributed by atoms with E-state index in [0.717, 1.165) is 11.4 Å². The molecule has 14 heavy (non-hydrogen) atoms. The van der Waals surface area contributed by atoms with Crippen molar-refractivity contribution in [2.75, 3.05) is 13.1 Å². The summed E-state index contributed by atoms with van der Waals surface area (Å²) in [6.07, 6.45) is -0.369. The number of rotatable bonds is 1. The number of halogens is 1. The van der Waals surface area contributed by atoms with Crippen molar-refractivity contribution < 1.29 is 5.11 Å². The Bertz CT molecular complexity index is 348. The molecule has 0 radical (unpaired) electrons. The topological polar surface area (TPSA) is 44.6 Å². The maximum Gasteiger partial charge on any atom is 0.128 e. The molecular formula is C10H11ClN2O. The molecule has 1 aliphatic rings. The molecule has 2 rings (SSSR count). The van der Waals surface area contributed by atoms with Gasteiger partial charge < -0.3 is 10.4 Å². The van der Waals surface area contributed by atoms with E-state index >= 15 is 0 Å². The summed E-state index contributed by atoms with van der Waals surface area (Å²) in [4.78, 5) is 4.22. The third kappa shape index (κ3) is 2.05. The second-order valence-electron chi connectivity index (χ2n) is 3.23. The summed E-state index contributed by atoms with van der Waals surface area (Å²) < 4.78 is 0. The van der Waals surface area contributed by atoms with Crippen LogP contribution in [0.4, 0.5) is 0 Å². The van der Waals surface area contributed by atoms with E-state index in [-0.39, 0.29) is 6.10 Å². The van der Waals surface area contributed by atoms with Gasteiger partial charge in [0.05, 0.1) is 12.6 Å². The van der Waals surface area contributed by atoms with Crippen molar-refractivity contribution in [3.8, 4) is 0 Å². The summed E-state index contributed by atoms with van der Waals surface area (Å²) >= 11 is 5.77. The van der Waals surface area contributed by atoms with Crippen LogP contribution in [0.3, 0.4) is 0 Å². The van der Waals surface area contributed by atoms with Gasteiger partial charge in [0, 0.05) is 17.1 Å². The highest BCUT2D eigenvalue weighted by Gasteiger charge is 2.12. The number of aliphatic hydroxyl groups excluding tert-OH is 1. The zero-order valence-electron chi connectivity index (χ0n) is 7.57. The Hall–Kier alpha value is -1.06. The van der Waals surface area contributed by atoms with Gasteiger partial charge in [-0.1, -0.05) is 11.6 Å². The highest BCUT2D eigenvalue weighted by atomic mass is 35.5. The van der Waals surface area contributed by atoms with Crippen molar-refractivity contribution in [2.45, 2.75) is 6.10 Å². The molecule has 4 heteroatoms. The van der Waals surface area contributed by atoms with Gasteiger partial charge in [0.25, 0.3) is 0 Å². The van der Waals surface area contributed by atoms with Crippen LogP contribution in [0.25, 0.3) is 0 Å². The molecule has 2 N–H and O–H groups in total. The van der Waals surface area contributed by atoms with Gasteiger partial charge in [-0.05, 0) is 24.3 Å². The van der Waals surface area contributed by atoms with Crippen molar-refractivity contribution >= 4 is 17.4 Å². The standard InChI is InChI=1S/C10H11ClN2O/c11-8-3-1-7(2-4-8)10-12-5-9(14)6-13-10/h1-4,9,14H,5-6H2,(H,12,13). The maximum atomic E-state index is 9.23. The predicted octanol–water partition coefficient (Wildman–Crippen LogP) is 1.05. The quantitative estimate of drug-likeness (QED) is 0.728. The number of hydrogen-bond donors (Lipinski definition) is 2. The second-order valence-corrected chi connectivity index (χ2v) is 3.67. The van der Waals surface area contributed by atoms with E-state index in [1.54, 1.807) is 0 Å². The van der Waals surface area contributed by atoms with Crippen LogP contribution in [-0.2, 0) is 0 Å². The van der Waals surface area contributed by atoms with E-state index in [4.69, 9.17) is 11.6 Å². The zero-order valence-corrected chi connectivity index (χ0v) is 8.33. The SMILES string of the molecule is OC1CN=C(c2ccc(Cl)cc2)NC1. The first-order chi connectivity index (χ1) is 6.75. The van der Waals surface area contributed by atoms with Crippen LogP contribution in [0, 0.1) is 0 Å². The van der Waals surface area contributed by atoms with Crippen LogP contribution >= 0.6 is 11.6 Å². The van der Waals surface area contributed by atoms with Crippen LogP contribution < -0.4 is 5.32 Å². The van der Waals surface area contributed by atoms with E-state index in [1.807, 2.05) is 24.3 Å². The third-order valence-corrected chi connectivity index (χ3v) is 2.33. The Morgan fingerprint density at radius 2 is 2.07 bits per heavy atom. The van der Waals surface area contributed by atoms with Crippen molar-refractivity contribution in [2.24, 2.45) is 4.99 Å². The Morgan fingerprint density at radius 3 is 2.64 bits per heavy atom. The number of nitrogens with one attached hydrogen (secondary N) is 1. The molecule has 0 bridgehead atoms. The van der Waals surface area contributed by atoms with Gasteiger partial charge in [-0.25, -0.2) is 0 Å². The summed E-state index contributed by atoms with van der Waals surface area (Å²) in [6, 6.07) is 7.47. The molecule has 0 amide bonds. The van der Waals surface area contributed by atoms with Gasteiger partial charge in [0.15, 0.2) is 0 Å². The van der Waals surface area contributed by atoms with E-state index in [0.29, 0.717) is 18.1 Å². The molecule has 0 fully saturated rings. The second kappa shape index (κ2) is 3.98. The van der Waals surface area contributed by atoms with Gasteiger partial charge in [0.1, 0.15) is 5.84 Å². The van der Waals surface area contributed by atoms with Gasteiger partial charge in [-0.15, -0.1) is 0 Å².